The molecule has 122 valence electrons. The zero-order chi connectivity index (χ0) is 16.1. The maximum absolute atomic E-state index is 12.6. The third kappa shape index (κ3) is 4.13. The lowest BCUT2D eigenvalue weighted by atomic mass is 10.1. The molecule has 1 aliphatic heterocycles. The van der Waals surface area contributed by atoms with E-state index >= 15 is 0 Å². The molecule has 0 saturated carbocycles. The largest absolute Gasteiger partial charge is 0.497 e. The normalized spacial score (nSPS) is 16.0. The van der Waals surface area contributed by atoms with E-state index in [9.17, 15) is 4.79 Å². The van der Waals surface area contributed by atoms with Crippen molar-refractivity contribution < 1.29 is 19.0 Å². The molecule has 0 radical (unpaired) electrons. The van der Waals surface area contributed by atoms with Crippen LogP contribution in [0.2, 0.25) is 0 Å². The molecule has 1 saturated heterocycles. The van der Waals surface area contributed by atoms with Crippen molar-refractivity contribution >= 4 is 5.91 Å². The third-order valence-electron chi connectivity index (χ3n) is 3.79. The van der Waals surface area contributed by atoms with Gasteiger partial charge in [0.05, 0.1) is 26.4 Å². The second kappa shape index (κ2) is 7.49. The Morgan fingerprint density at radius 3 is 2.09 bits per heavy atom. The number of hydrogen-bond acceptors (Lipinski definition) is 4. The number of ether oxygens (including phenoxy) is 3. The second-order valence-corrected chi connectivity index (χ2v) is 5.78. The van der Waals surface area contributed by atoms with E-state index in [1.807, 2.05) is 18.7 Å². The van der Waals surface area contributed by atoms with Crippen LogP contribution in [0.5, 0.6) is 11.5 Å². The molecule has 0 aromatic heterocycles. The molecular weight excluding hydrogens is 282 g/mol. The summed E-state index contributed by atoms with van der Waals surface area (Å²) in [5, 5.41) is 0. The Bertz CT molecular complexity index is 485. The number of nitrogens with zero attached hydrogens (tertiary/aromatic N) is 1. The minimum absolute atomic E-state index is 0.0141. The van der Waals surface area contributed by atoms with Crippen molar-refractivity contribution in [2.75, 3.05) is 27.3 Å². The van der Waals surface area contributed by atoms with Crippen LogP contribution in [0.4, 0.5) is 0 Å². The highest BCUT2D eigenvalue weighted by Gasteiger charge is 2.25. The quantitative estimate of drug-likeness (QED) is 0.839. The molecule has 1 aromatic rings. The van der Waals surface area contributed by atoms with Gasteiger partial charge in [-0.1, -0.05) is 0 Å². The van der Waals surface area contributed by atoms with Crippen LogP contribution < -0.4 is 9.47 Å². The Hall–Kier alpha value is -1.75. The Balaban J connectivity index is 2.03. The van der Waals surface area contributed by atoms with Crippen LogP contribution in [0, 0.1) is 0 Å². The molecule has 0 N–H and O–H groups in total. The van der Waals surface area contributed by atoms with E-state index in [0.717, 1.165) is 25.9 Å². The Kier molecular flexibility index (Phi) is 5.66. The summed E-state index contributed by atoms with van der Waals surface area (Å²) < 4.78 is 16.3. The standard InChI is InChI=1S/C17H25NO4/c1-12(2)22-14-5-7-18(8-6-14)17(19)13-9-15(20-3)11-16(10-13)21-4/h9-12,14H,5-8H2,1-4H3. The molecule has 1 amide bonds. The summed E-state index contributed by atoms with van der Waals surface area (Å²) in [6.45, 7) is 5.52. The number of methoxy groups -OCH3 is 2. The van der Waals surface area contributed by atoms with Gasteiger partial charge in [0.15, 0.2) is 0 Å². The molecule has 5 heteroatoms. The molecule has 1 fully saturated rings. The zero-order valence-electron chi connectivity index (χ0n) is 13.8. The Morgan fingerprint density at radius 1 is 1.09 bits per heavy atom. The highest BCUT2D eigenvalue weighted by atomic mass is 16.5. The number of carbonyl (C=O) groups excluding carboxylic acids is 1. The highest BCUT2D eigenvalue weighted by molar-refractivity contribution is 5.95. The first-order valence-corrected chi connectivity index (χ1v) is 7.71. The van der Waals surface area contributed by atoms with Crippen LogP contribution in [0.3, 0.4) is 0 Å². The fourth-order valence-electron chi connectivity index (χ4n) is 2.69. The molecule has 1 aromatic carbocycles. The van der Waals surface area contributed by atoms with Gasteiger partial charge in [0.25, 0.3) is 5.91 Å². The van der Waals surface area contributed by atoms with Crippen molar-refractivity contribution in [2.24, 2.45) is 0 Å². The van der Waals surface area contributed by atoms with Crippen molar-refractivity contribution in [1.29, 1.82) is 0 Å². The number of rotatable bonds is 5. The van der Waals surface area contributed by atoms with E-state index in [1.54, 1.807) is 32.4 Å². The van der Waals surface area contributed by atoms with Crippen LogP contribution >= 0.6 is 0 Å². The fourth-order valence-corrected chi connectivity index (χ4v) is 2.69. The lowest BCUT2D eigenvalue weighted by molar-refractivity contribution is -0.0236. The van der Waals surface area contributed by atoms with Crippen molar-refractivity contribution in [3.8, 4) is 11.5 Å². The number of piperidine rings is 1. The molecule has 2 rings (SSSR count). The number of likely N-dealkylation sites (tertiary alicyclic amines) is 1. The molecule has 1 aliphatic rings. The summed E-state index contributed by atoms with van der Waals surface area (Å²) >= 11 is 0. The molecule has 0 spiro atoms. The van der Waals surface area contributed by atoms with Crippen LogP contribution in [-0.2, 0) is 4.74 Å². The fraction of sp³-hybridized carbons (Fsp3) is 0.588. The molecule has 1 heterocycles. The molecule has 5 nitrogen and oxygen atoms in total. The average molecular weight is 307 g/mol. The minimum Gasteiger partial charge on any atom is -0.497 e. The van der Waals surface area contributed by atoms with Crippen molar-refractivity contribution in [3.05, 3.63) is 23.8 Å². The summed E-state index contributed by atoms with van der Waals surface area (Å²) in [4.78, 5) is 14.5. The van der Waals surface area contributed by atoms with Gasteiger partial charge in [0, 0.05) is 24.7 Å². The Labute approximate surface area is 132 Å². The van der Waals surface area contributed by atoms with Crippen molar-refractivity contribution in [2.45, 2.75) is 38.9 Å². The predicted octanol–water partition coefficient (Wildman–Crippen LogP) is 2.73. The number of hydrogen-bond donors (Lipinski definition) is 0. The van der Waals surface area contributed by atoms with Gasteiger partial charge in [-0.05, 0) is 38.8 Å². The van der Waals surface area contributed by atoms with Gasteiger partial charge < -0.3 is 19.1 Å². The van der Waals surface area contributed by atoms with E-state index in [1.165, 1.54) is 0 Å². The van der Waals surface area contributed by atoms with E-state index in [4.69, 9.17) is 14.2 Å². The van der Waals surface area contributed by atoms with Crippen LogP contribution in [0.15, 0.2) is 18.2 Å². The van der Waals surface area contributed by atoms with Gasteiger partial charge in [-0.25, -0.2) is 0 Å². The van der Waals surface area contributed by atoms with Gasteiger partial charge in [-0.2, -0.15) is 0 Å². The average Bonchev–Trinajstić information content (AvgIpc) is 2.53. The highest BCUT2D eigenvalue weighted by Crippen LogP contribution is 2.25. The molecule has 0 aliphatic carbocycles. The summed E-state index contributed by atoms with van der Waals surface area (Å²) in [6.07, 6.45) is 2.24. The van der Waals surface area contributed by atoms with Gasteiger partial charge in [0.2, 0.25) is 0 Å². The van der Waals surface area contributed by atoms with E-state index in [0.29, 0.717) is 17.1 Å². The predicted molar refractivity (Wildman–Crippen MR) is 84.7 cm³/mol. The number of benzene rings is 1. The maximum atomic E-state index is 12.6. The zero-order valence-corrected chi connectivity index (χ0v) is 13.8. The van der Waals surface area contributed by atoms with Crippen molar-refractivity contribution in [1.82, 2.24) is 4.90 Å². The van der Waals surface area contributed by atoms with Crippen LogP contribution in [0.1, 0.15) is 37.0 Å². The molecule has 22 heavy (non-hydrogen) atoms. The monoisotopic (exact) mass is 307 g/mol. The number of amides is 1. The SMILES string of the molecule is COc1cc(OC)cc(C(=O)N2CCC(OC(C)C)CC2)c1. The van der Waals surface area contributed by atoms with Crippen molar-refractivity contribution in [3.63, 3.8) is 0 Å². The summed E-state index contributed by atoms with van der Waals surface area (Å²) in [5.74, 6) is 1.27. The lowest BCUT2D eigenvalue weighted by Crippen LogP contribution is -2.41. The topological polar surface area (TPSA) is 48.0 Å². The van der Waals surface area contributed by atoms with E-state index in [2.05, 4.69) is 0 Å². The third-order valence-corrected chi connectivity index (χ3v) is 3.79. The first-order valence-electron chi connectivity index (χ1n) is 7.71. The van der Waals surface area contributed by atoms with E-state index < -0.39 is 0 Å². The molecule has 0 unspecified atom stereocenters. The van der Waals surface area contributed by atoms with Crippen LogP contribution in [-0.4, -0.2) is 50.3 Å². The maximum Gasteiger partial charge on any atom is 0.254 e. The van der Waals surface area contributed by atoms with Gasteiger partial charge in [-0.15, -0.1) is 0 Å². The molecule has 0 bridgehead atoms. The summed E-state index contributed by atoms with van der Waals surface area (Å²) in [5.41, 5.74) is 0.597. The first kappa shape index (κ1) is 16.6. The molecule has 0 atom stereocenters. The molecular formula is C17H25NO4. The van der Waals surface area contributed by atoms with Crippen LogP contribution in [0.25, 0.3) is 0 Å². The van der Waals surface area contributed by atoms with Gasteiger partial charge >= 0.3 is 0 Å². The second-order valence-electron chi connectivity index (χ2n) is 5.78. The smallest absolute Gasteiger partial charge is 0.254 e. The first-order chi connectivity index (χ1) is 10.5. The number of carbonyl (C=O) groups is 1. The summed E-state index contributed by atoms with van der Waals surface area (Å²) in [7, 11) is 3.16. The Morgan fingerprint density at radius 2 is 1.64 bits per heavy atom. The lowest BCUT2D eigenvalue weighted by Gasteiger charge is -2.33. The summed E-state index contributed by atoms with van der Waals surface area (Å²) in [6, 6.07) is 5.27. The van der Waals surface area contributed by atoms with E-state index in [-0.39, 0.29) is 18.1 Å². The minimum atomic E-state index is 0.0141. The van der Waals surface area contributed by atoms with Gasteiger partial charge in [-0.3, -0.25) is 4.79 Å². The van der Waals surface area contributed by atoms with Gasteiger partial charge in [0.1, 0.15) is 11.5 Å².